The number of benzene rings is 2. The van der Waals surface area contributed by atoms with Gasteiger partial charge in [0.1, 0.15) is 5.84 Å². The van der Waals surface area contributed by atoms with Crippen LogP contribution in [0.15, 0.2) is 42.5 Å². The van der Waals surface area contributed by atoms with Crippen LogP contribution < -0.4 is 10.6 Å². The van der Waals surface area contributed by atoms with Gasteiger partial charge in [-0.2, -0.15) is 0 Å². The first-order chi connectivity index (χ1) is 9.91. The van der Waals surface area contributed by atoms with Crippen LogP contribution in [0.4, 0.5) is 5.69 Å². The molecule has 0 radical (unpaired) electrons. The molecule has 0 fully saturated rings. The second-order valence-corrected chi connectivity index (χ2v) is 5.63. The summed E-state index contributed by atoms with van der Waals surface area (Å²) >= 11 is 6.28. The molecule has 3 N–H and O–H groups in total. The standard InChI is InChI=1S/C17H20ClN3/c1-11-10-13(8-9-14(11)17(19)20)21(3)12(2)15-6-4-5-7-16(15)18/h4-10,12H,1-3H3,(H3,19,20). The summed E-state index contributed by atoms with van der Waals surface area (Å²) in [6.45, 7) is 4.09. The summed E-state index contributed by atoms with van der Waals surface area (Å²) in [5.74, 6) is 0.0980. The molecule has 0 aliphatic rings. The fourth-order valence-corrected chi connectivity index (χ4v) is 2.71. The zero-order valence-electron chi connectivity index (χ0n) is 12.5. The summed E-state index contributed by atoms with van der Waals surface area (Å²) in [7, 11) is 2.04. The fraction of sp³-hybridized carbons (Fsp3) is 0.235. The minimum atomic E-state index is 0.0980. The van der Waals surface area contributed by atoms with E-state index in [1.165, 1.54) is 0 Å². The van der Waals surface area contributed by atoms with Crippen molar-refractivity contribution in [2.45, 2.75) is 19.9 Å². The van der Waals surface area contributed by atoms with E-state index in [4.69, 9.17) is 22.7 Å². The Morgan fingerprint density at radius 1 is 1.24 bits per heavy atom. The van der Waals surface area contributed by atoms with Crippen molar-refractivity contribution < 1.29 is 0 Å². The van der Waals surface area contributed by atoms with Crippen molar-refractivity contribution in [2.24, 2.45) is 5.73 Å². The molecule has 0 saturated heterocycles. The quantitative estimate of drug-likeness (QED) is 0.659. The lowest BCUT2D eigenvalue weighted by molar-refractivity contribution is 0.740. The van der Waals surface area contributed by atoms with E-state index in [0.717, 1.165) is 27.4 Å². The topological polar surface area (TPSA) is 53.1 Å². The molecule has 0 aliphatic heterocycles. The molecule has 2 aromatic carbocycles. The van der Waals surface area contributed by atoms with E-state index in [-0.39, 0.29) is 11.9 Å². The molecule has 1 atom stereocenters. The molecule has 0 bridgehead atoms. The van der Waals surface area contributed by atoms with E-state index >= 15 is 0 Å². The van der Waals surface area contributed by atoms with E-state index in [0.29, 0.717) is 0 Å². The Morgan fingerprint density at radius 2 is 1.90 bits per heavy atom. The van der Waals surface area contributed by atoms with E-state index in [1.807, 2.05) is 56.4 Å². The van der Waals surface area contributed by atoms with Gasteiger partial charge in [0.05, 0.1) is 6.04 Å². The Kier molecular flexibility index (Phi) is 4.53. The Labute approximate surface area is 130 Å². The van der Waals surface area contributed by atoms with Gasteiger partial charge in [0.25, 0.3) is 0 Å². The number of rotatable bonds is 4. The van der Waals surface area contributed by atoms with Crippen LogP contribution >= 0.6 is 11.6 Å². The monoisotopic (exact) mass is 301 g/mol. The molecule has 0 saturated carbocycles. The number of hydrogen-bond acceptors (Lipinski definition) is 2. The number of nitrogens with two attached hydrogens (primary N) is 1. The molecule has 1 unspecified atom stereocenters. The van der Waals surface area contributed by atoms with Gasteiger partial charge >= 0.3 is 0 Å². The summed E-state index contributed by atoms with van der Waals surface area (Å²) in [5.41, 5.74) is 9.50. The normalized spacial score (nSPS) is 12.0. The maximum Gasteiger partial charge on any atom is 0.123 e. The number of aryl methyl sites for hydroxylation is 1. The molecule has 0 spiro atoms. The SMILES string of the molecule is Cc1cc(N(C)C(C)c2ccccc2Cl)ccc1C(=N)N. The minimum Gasteiger partial charge on any atom is -0.384 e. The van der Waals surface area contributed by atoms with Crippen molar-refractivity contribution in [3.63, 3.8) is 0 Å². The number of amidine groups is 1. The second kappa shape index (κ2) is 6.19. The number of nitrogens with one attached hydrogen (secondary N) is 1. The fourth-order valence-electron chi connectivity index (χ4n) is 2.42. The van der Waals surface area contributed by atoms with Gasteiger partial charge in [-0.1, -0.05) is 29.8 Å². The average molecular weight is 302 g/mol. The highest BCUT2D eigenvalue weighted by molar-refractivity contribution is 6.31. The molecule has 0 heterocycles. The van der Waals surface area contributed by atoms with Crippen LogP contribution in [0.3, 0.4) is 0 Å². The van der Waals surface area contributed by atoms with Crippen molar-refractivity contribution >= 4 is 23.1 Å². The molecule has 0 aromatic heterocycles. The largest absolute Gasteiger partial charge is 0.384 e. The van der Waals surface area contributed by atoms with E-state index in [1.54, 1.807) is 0 Å². The number of nitrogens with zero attached hydrogens (tertiary/aromatic N) is 1. The van der Waals surface area contributed by atoms with E-state index < -0.39 is 0 Å². The Bertz CT molecular complexity index is 667. The summed E-state index contributed by atoms with van der Waals surface area (Å²) in [6, 6.07) is 14.0. The summed E-state index contributed by atoms with van der Waals surface area (Å²) in [4.78, 5) is 2.16. The second-order valence-electron chi connectivity index (χ2n) is 5.22. The highest BCUT2D eigenvalue weighted by Crippen LogP contribution is 2.30. The van der Waals surface area contributed by atoms with Crippen molar-refractivity contribution in [2.75, 3.05) is 11.9 Å². The van der Waals surface area contributed by atoms with Crippen LogP contribution in [0, 0.1) is 12.3 Å². The van der Waals surface area contributed by atoms with E-state index in [9.17, 15) is 0 Å². The molecule has 0 aliphatic carbocycles. The number of nitrogen functional groups attached to an aromatic ring is 1. The van der Waals surface area contributed by atoms with Gasteiger partial charge in [0.2, 0.25) is 0 Å². The molecule has 3 nitrogen and oxygen atoms in total. The molecular weight excluding hydrogens is 282 g/mol. The van der Waals surface area contributed by atoms with Crippen molar-refractivity contribution in [1.29, 1.82) is 5.41 Å². The van der Waals surface area contributed by atoms with Crippen LogP contribution in [0.2, 0.25) is 5.02 Å². The van der Waals surface area contributed by atoms with Crippen molar-refractivity contribution in [3.05, 3.63) is 64.2 Å². The van der Waals surface area contributed by atoms with Gasteiger partial charge in [-0.3, -0.25) is 5.41 Å². The van der Waals surface area contributed by atoms with Crippen LogP contribution in [-0.2, 0) is 0 Å². The van der Waals surface area contributed by atoms with Gasteiger partial charge in [-0.25, -0.2) is 0 Å². The molecule has 2 rings (SSSR count). The van der Waals surface area contributed by atoms with Crippen LogP contribution in [0.5, 0.6) is 0 Å². The van der Waals surface area contributed by atoms with Crippen LogP contribution in [-0.4, -0.2) is 12.9 Å². The van der Waals surface area contributed by atoms with Gasteiger partial charge < -0.3 is 10.6 Å². The lowest BCUT2D eigenvalue weighted by atomic mass is 10.0. The number of hydrogen-bond donors (Lipinski definition) is 2. The lowest BCUT2D eigenvalue weighted by Crippen LogP contribution is -2.22. The maximum absolute atomic E-state index is 7.55. The first-order valence-electron chi connectivity index (χ1n) is 6.84. The molecule has 110 valence electrons. The predicted molar refractivity (Wildman–Crippen MR) is 90.5 cm³/mol. The average Bonchev–Trinajstić information content (AvgIpc) is 2.45. The molecule has 4 heteroatoms. The maximum atomic E-state index is 7.55. The van der Waals surface area contributed by atoms with Gasteiger partial charge in [0, 0.05) is 23.3 Å². The third-order valence-electron chi connectivity index (χ3n) is 3.84. The molecule has 2 aromatic rings. The van der Waals surface area contributed by atoms with Crippen LogP contribution in [0.25, 0.3) is 0 Å². The summed E-state index contributed by atoms with van der Waals surface area (Å²) < 4.78 is 0. The van der Waals surface area contributed by atoms with Gasteiger partial charge in [-0.15, -0.1) is 0 Å². The highest BCUT2D eigenvalue weighted by Gasteiger charge is 2.15. The van der Waals surface area contributed by atoms with Gasteiger partial charge in [-0.05, 0) is 49.2 Å². The molecular formula is C17H20ClN3. The summed E-state index contributed by atoms with van der Waals surface area (Å²) in [5, 5.41) is 8.32. The zero-order valence-corrected chi connectivity index (χ0v) is 13.3. The third-order valence-corrected chi connectivity index (χ3v) is 4.19. The first-order valence-corrected chi connectivity index (χ1v) is 7.22. The predicted octanol–water partition coefficient (Wildman–Crippen LogP) is 4.13. The Balaban J connectivity index is 2.32. The number of halogens is 1. The number of anilines is 1. The molecule has 0 amide bonds. The van der Waals surface area contributed by atoms with Crippen molar-refractivity contribution in [1.82, 2.24) is 0 Å². The summed E-state index contributed by atoms with van der Waals surface area (Å²) in [6.07, 6.45) is 0. The Hall–Kier alpha value is -2.00. The lowest BCUT2D eigenvalue weighted by Gasteiger charge is -2.28. The zero-order chi connectivity index (χ0) is 15.6. The van der Waals surface area contributed by atoms with Gasteiger partial charge in [0.15, 0.2) is 0 Å². The van der Waals surface area contributed by atoms with E-state index in [2.05, 4.69) is 11.8 Å². The van der Waals surface area contributed by atoms with Crippen molar-refractivity contribution in [3.8, 4) is 0 Å². The highest BCUT2D eigenvalue weighted by atomic mass is 35.5. The minimum absolute atomic E-state index is 0.0980. The third kappa shape index (κ3) is 3.19. The molecule has 21 heavy (non-hydrogen) atoms. The Morgan fingerprint density at radius 3 is 2.48 bits per heavy atom. The van der Waals surface area contributed by atoms with Crippen LogP contribution in [0.1, 0.15) is 29.7 Å². The first kappa shape index (κ1) is 15.4. The smallest absolute Gasteiger partial charge is 0.123 e.